The average molecular weight is 377 g/mol. The molecule has 0 amide bonds. The summed E-state index contributed by atoms with van der Waals surface area (Å²) in [4.78, 5) is 5.01. The number of quaternary nitrogens is 2. The van der Waals surface area contributed by atoms with Crippen molar-refractivity contribution in [1.29, 1.82) is 0 Å². The zero-order chi connectivity index (χ0) is 17.7. The Morgan fingerprint density at radius 3 is 2.25 bits per heavy atom. The predicted octanol–water partition coefficient (Wildman–Crippen LogP) is -1.68. The van der Waals surface area contributed by atoms with Gasteiger partial charge in [0.1, 0.15) is 37.4 Å². The number of hydrogen-bond acceptors (Lipinski definition) is 3. The topological polar surface area (TPSA) is 58.3 Å². The monoisotopic (exact) mass is 376 g/mol. The molecule has 3 N–H and O–H groups in total. The third kappa shape index (κ3) is 5.32. The lowest BCUT2D eigenvalue weighted by Crippen LogP contribution is -3.27. The summed E-state index contributed by atoms with van der Waals surface area (Å²) in [6.07, 6.45) is 0. The van der Waals surface area contributed by atoms with Crippen molar-refractivity contribution in [2.45, 2.75) is 6.04 Å². The molecule has 1 aliphatic rings. The third-order valence-corrected chi connectivity index (χ3v) is 6.46. The molecule has 1 aliphatic heterocycles. The molecule has 0 aliphatic carbocycles. The maximum Gasteiger partial charge on any atom is 0.225 e. The molecule has 1 aromatic rings. The van der Waals surface area contributed by atoms with Crippen LogP contribution in [0.1, 0.15) is 11.6 Å². The maximum atomic E-state index is 11.8. The number of piperazine rings is 1. The second-order valence-electron chi connectivity index (χ2n) is 6.73. The Hall–Kier alpha value is -0.860. The first kappa shape index (κ1) is 19.5. The average Bonchev–Trinajstić information content (AvgIpc) is 2.57. The minimum absolute atomic E-state index is 0.104. The van der Waals surface area contributed by atoms with E-state index in [0.717, 1.165) is 37.4 Å². The van der Waals surface area contributed by atoms with Gasteiger partial charge in [-0.05, 0) is 12.1 Å². The highest BCUT2D eigenvalue weighted by Crippen LogP contribution is 2.16. The predicted molar refractivity (Wildman–Crippen MR) is 98.5 cm³/mol. The molecule has 0 saturated carbocycles. The van der Waals surface area contributed by atoms with Crippen LogP contribution in [0.15, 0.2) is 24.3 Å². The second kappa shape index (κ2) is 8.49. The summed E-state index contributed by atoms with van der Waals surface area (Å²) in [5.41, 5.74) is 2.30. The Kier molecular flexibility index (Phi) is 6.88. The van der Waals surface area contributed by atoms with E-state index >= 15 is 0 Å². The van der Waals surface area contributed by atoms with Crippen LogP contribution in [0.2, 0.25) is 0 Å². The van der Waals surface area contributed by atoms with Gasteiger partial charge in [0.2, 0.25) is 10.0 Å². The minimum Gasteiger partial charge on any atom is -0.378 e. The lowest BCUT2D eigenvalue weighted by Gasteiger charge is -2.33. The van der Waals surface area contributed by atoms with E-state index in [1.807, 2.05) is 14.1 Å². The smallest absolute Gasteiger partial charge is 0.225 e. The van der Waals surface area contributed by atoms with Crippen molar-refractivity contribution in [3.63, 3.8) is 0 Å². The van der Waals surface area contributed by atoms with Gasteiger partial charge in [-0.15, -0.1) is 11.6 Å². The van der Waals surface area contributed by atoms with Gasteiger partial charge >= 0.3 is 0 Å². The molecule has 0 aromatic heterocycles. The molecule has 6 nitrogen and oxygen atoms in total. The van der Waals surface area contributed by atoms with Crippen molar-refractivity contribution in [1.82, 2.24) is 4.72 Å². The molecular formula is C16H29ClN4O2S+2. The van der Waals surface area contributed by atoms with Crippen molar-refractivity contribution in [3.05, 3.63) is 29.8 Å². The van der Waals surface area contributed by atoms with Crippen LogP contribution in [0.3, 0.4) is 0 Å². The first-order valence-electron chi connectivity index (χ1n) is 8.29. The molecule has 0 radical (unpaired) electrons. The molecule has 136 valence electrons. The first-order valence-corrected chi connectivity index (χ1v) is 10.5. The fourth-order valence-corrected chi connectivity index (χ4v) is 3.83. The molecule has 8 heteroatoms. The third-order valence-electron chi connectivity index (χ3n) is 4.70. The summed E-state index contributed by atoms with van der Waals surface area (Å²) in [7, 11) is 2.82. The van der Waals surface area contributed by atoms with E-state index in [0.29, 0.717) is 6.54 Å². The van der Waals surface area contributed by atoms with Gasteiger partial charge in [-0.1, -0.05) is 12.1 Å². The number of anilines is 1. The van der Waals surface area contributed by atoms with Gasteiger partial charge in [0.25, 0.3) is 0 Å². The fraction of sp³-hybridized carbons (Fsp3) is 0.625. The number of nitrogens with one attached hydrogen (secondary N) is 3. The van der Waals surface area contributed by atoms with Gasteiger partial charge in [0.05, 0.1) is 13.6 Å². The highest BCUT2D eigenvalue weighted by atomic mass is 35.5. The largest absolute Gasteiger partial charge is 0.378 e. The Balaban J connectivity index is 2.18. The summed E-state index contributed by atoms with van der Waals surface area (Å²) >= 11 is 5.52. The van der Waals surface area contributed by atoms with Gasteiger partial charge in [0.15, 0.2) is 0 Å². The molecule has 0 spiro atoms. The number of sulfonamides is 1. The van der Waals surface area contributed by atoms with Crippen LogP contribution in [-0.2, 0) is 10.0 Å². The number of benzene rings is 1. The van der Waals surface area contributed by atoms with Crippen molar-refractivity contribution < 1.29 is 18.2 Å². The summed E-state index contributed by atoms with van der Waals surface area (Å²) < 4.78 is 26.2. The molecule has 1 fully saturated rings. The summed E-state index contributed by atoms with van der Waals surface area (Å²) in [6.45, 7) is 4.65. The van der Waals surface area contributed by atoms with Crippen molar-refractivity contribution in [3.8, 4) is 0 Å². The molecule has 1 atom stereocenters. The number of nitrogens with zero attached hydrogens (tertiary/aromatic N) is 1. The van der Waals surface area contributed by atoms with Crippen LogP contribution in [-0.4, -0.2) is 67.5 Å². The zero-order valence-corrected chi connectivity index (χ0v) is 16.3. The van der Waals surface area contributed by atoms with Crippen LogP contribution in [0, 0.1) is 0 Å². The quantitative estimate of drug-likeness (QED) is 0.498. The van der Waals surface area contributed by atoms with Crippen LogP contribution in [0.25, 0.3) is 0 Å². The molecule has 24 heavy (non-hydrogen) atoms. The van der Waals surface area contributed by atoms with Gasteiger partial charge in [-0.3, -0.25) is 0 Å². The highest BCUT2D eigenvalue weighted by molar-refractivity contribution is 7.90. The van der Waals surface area contributed by atoms with Crippen molar-refractivity contribution >= 4 is 27.3 Å². The maximum absolute atomic E-state index is 11.8. The van der Waals surface area contributed by atoms with Gasteiger partial charge in [-0.2, -0.15) is 0 Å². The first-order chi connectivity index (χ1) is 11.3. The van der Waals surface area contributed by atoms with E-state index in [2.05, 4.69) is 40.9 Å². The number of alkyl halides is 1. The van der Waals surface area contributed by atoms with Crippen LogP contribution < -0.4 is 19.4 Å². The van der Waals surface area contributed by atoms with E-state index in [1.54, 1.807) is 0 Å². The van der Waals surface area contributed by atoms with Crippen LogP contribution in [0.4, 0.5) is 5.69 Å². The van der Waals surface area contributed by atoms with E-state index in [9.17, 15) is 8.42 Å². The fourth-order valence-electron chi connectivity index (χ4n) is 3.10. The van der Waals surface area contributed by atoms with Crippen LogP contribution >= 0.6 is 11.6 Å². The number of rotatable bonds is 7. The van der Waals surface area contributed by atoms with Crippen molar-refractivity contribution in [2.75, 3.05) is 64.0 Å². The summed E-state index contributed by atoms with van der Waals surface area (Å²) in [5, 5.41) is -0.401. The van der Waals surface area contributed by atoms with E-state index in [1.165, 1.54) is 9.80 Å². The lowest BCUT2D eigenvalue weighted by molar-refractivity contribution is -1.02. The lowest BCUT2D eigenvalue weighted by atomic mass is 10.0. The molecule has 1 heterocycles. The van der Waals surface area contributed by atoms with Crippen molar-refractivity contribution in [2.24, 2.45) is 0 Å². The standard InChI is InChI=1S/C16H27ClN4O2S/c1-19(2)15-6-4-14(5-7-15)16(12-18-24(22,23)13-17)21-10-8-20(3)9-11-21/h4-7,16,18H,8-13H2,1-3H3/p+2/t16-/m0/s1. The van der Waals surface area contributed by atoms with E-state index < -0.39 is 15.2 Å². The highest BCUT2D eigenvalue weighted by Gasteiger charge is 2.30. The summed E-state index contributed by atoms with van der Waals surface area (Å²) in [6, 6.07) is 8.48. The van der Waals surface area contributed by atoms with Gasteiger partial charge in [0, 0.05) is 25.3 Å². The normalized spacial score (nSPS) is 23.0. The van der Waals surface area contributed by atoms with E-state index in [-0.39, 0.29) is 6.04 Å². The second-order valence-corrected chi connectivity index (χ2v) is 9.12. The number of hydrogen-bond donors (Lipinski definition) is 3. The number of likely N-dealkylation sites (N-methyl/N-ethyl adjacent to an activating group) is 1. The summed E-state index contributed by atoms with van der Waals surface area (Å²) in [5.74, 6) is 0. The van der Waals surface area contributed by atoms with Gasteiger partial charge in [-0.25, -0.2) is 13.1 Å². The molecule has 2 rings (SSSR count). The van der Waals surface area contributed by atoms with Gasteiger partial charge < -0.3 is 14.7 Å². The molecule has 1 saturated heterocycles. The SMILES string of the molecule is CN(C)c1ccc([C@H](CNS(=O)(=O)CCl)[NH+]2CC[NH+](C)CC2)cc1. The minimum atomic E-state index is -3.40. The van der Waals surface area contributed by atoms with E-state index in [4.69, 9.17) is 11.6 Å². The Bertz CT molecular complexity index is 613. The Morgan fingerprint density at radius 1 is 1.17 bits per heavy atom. The Labute approximate surface area is 150 Å². The molecule has 0 bridgehead atoms. The molecular weight excluding hydrogens is 348 g/mol. The zero-order valence-electron chi connectivity index (χ0n) is 14.7. The number of halogens is 1. The Morgan fingerprint density at radius 2 is 1.75 bits per heavy atom. The molecule has 0 unspecified atom stereocenters. The molecule has 1 aromatic carbocycles. The van der Waals surface area contributed by atoms with Crippen LogP contribution in [0.5, 0.6) is 0 Å².